The molecule has 2 fully saturated rings. The number of fused-ring (bicyclic) bond motifs is 2. The van der Waals surface area contributed by atoms with E-state index in [1.807, 2.05) is 0 Å². The lowest BCUT2D eigenvalue weighted by molar-refractivity contribution is -0.144. The molecular weight excluding hydrogens is 158 g/mol. The van der Waals surface area contributed by atoms with Gasteiger partial charge in [-0.05, 0) is 18.8 Å². The maximum absolute atomic E-state index is 10.7. The summed E-state index contributed by atoms with van der Waals surface area (Å²) >= 11 is 0. The smallest absolute Gasteiger partial charge is 0.308 e. The van der Waals surface area contributed by atoms with E-state index in [2.05, 4.69) is 0 Å². The summed E-state index contributed by atoms with van der Waals surface area (Å²) < 4.78 is 0. The average Bonchev–Trinajstić information content (AvgIpc) is 2.42. The van der Waals surface area contributed by atoms with Crippen LogP contribution < -0.4 is 5.73 Å². The van der Waals surface area contributed by atoms with Crippen LogP contribution >= 0.6 is 0 Å². The van der Waals surface area contributed by atoms with Crippen molar-refractivity contribution in [2.45, 2.75) is 25.0 Å². The molecule has 2 aliphatic carbocycles. The summed E-state index contributed by atoms with van der Waals surface area (Å²) in [5.74, 6) is -1.09. The molecule has 0 aromatic heterocycles. The Labute approximate surface area is 70.4 Å². The summed E-state index contributed by atoms with van der Waals surface area (Å²) in [6.07, 6.45) is 1.05. The van der Waals surface area contributed by atoms with E-state index in [0.29, 0.717) is 6.42 Å². The van der Waals surface area contributed by atoms with Crippen LogP contribution in [-0.4, -0.2) is 28.3 Å². The molecule has 68 valence electrons. The molecular formula is C8H13NO3. The van der Waals surface area contributed by atoms with Crippen LogP contribution in [0.5, 0.6) is 0 Å². The third kappa shape index (κ3) is 0.881. The monoisotopic (exact) mass is 171 g/mol. The first-order chi connectivity index (χ1) is 5.61. The summed E-state index contributed by atoms with van der Waals surface area (Å²) in [7, 11) is 0. The minimum absolute atomic E-state index is 0.0242. The zero-order chi connectivity index (χ0) is 8.88. The van der Waals surface area contributed by atoms with Crippen LogP contribution in [0, 0.1) is 17.8 Å². The van der Waals surface area contributed by atoms with E-state index in [-0.39, 0.29) is 24.0 Å². The highest BCUT2D eigenvalue weighted by Gasteiger charge is 2.53. The lowest BCUT2D eigenvalue weighted by atomic mass is 9.83. The highest BCUT2D eigenvalue weighted by molar-refractivity contribution is 5.72. The van der Waals surface area contributed by atoms with Gasteiger partial charge in [0.05, 0.1) is 12.0 Å². The zero-order valence-electron chi connectivity index (χ0n) is 6.68. The highest BCUT2D eigenvalue weighted by Crippen LogP contribution is 2.47. The summed E-state index contributed by atoms with van der Waals surface area (Å²) in [6, 6.07) is -0.337. The lowest BCUT2D eigenvalue weighted by Gasteiger charge is -2.27. The van der Waals surface area contributed by atoms with Crippen molar-refractivity contribution >= 4 is 5.97 Å². The van der Waals surface area contributed by atoms with Crippen LogP contribution in [0.15, 0.2) is 0 Å². The highest BCUT2D eigenvalue weighted by atomic mass is 16.4. The number of nitrogens with two attached hydrogens (primary N) is 1. The van der Waals surface area contributed by atoms with Gasteiger partial charge in [-0.2, -0.15) is 0 Å². The molecule has 2 aliphatic rings. The van der Waals surface area contributed by atoms with E-state index in [1.165, 1.54) is 0 Å². The Hall–Kier alpha value is -0.610. The van der Waals surface area contributed by atoms with E-state index in [1.54, 1.807) is 0 Å². The number of carbonyl (C=O) groups is 1. The molecule has 0 spiro atoms. The van der Waals surface area contributed by atoms with Crippen molar-refractivity contribution in [3.8, 4) is 0 Å². The molecule has 2 rings (SSSR count). The molecule has 5 atom stereocenters. The molecule has 0 aromatic carbocycles. The molecule has 4 heteroatoms. The standard InChI is InChI=1S/C8H13NO3/c9-7-4-1-3(2-5(4)10)6(7)8(11)12/h3-7,10H,1-2,9H2,(H,11,12)/t3-,4+,5-,6-,7-/m0/s1. The molecule has 0 aromatic rings. The number of aliphatic hydroxyl groups is 1. The van der Waals surface area contributed by atoms with Gasteiger partial charge in [0, 0.05) is 12.0 Å². The predicted octanol–water partition coefficient (Wildman–Crippen LogP) is -0.585. The quantitative estimate of drug-likeness (QED) is 0.492. The second kappa shape index (κ2) is 2.44. The first-order valence-corrected chi connectivity index (χ1v) is 4.27. The second-order valence-corrected chi connectivity index (χ2v) is 3.90. The van der Waals surface area contributed by atoms with Crippen LogP contribution in [0.2, 0.25) is 0 Å². The minimum atomic E-state index is -0.804. The molecule has 4 N–H and O–H groups in total. The van der Waals surface area contributed by atoms with Gasteiger partial charge in [0.2, 0.25) is 0 Å². The third-order valence-corrected chi connectivity index (χ3v) is 3.32. The fraction of sp³-hybridized carbons (Fsp3) is 0.875. The molecule has 0 heterocycles. The Bertz CT molecular complexity index is 216. The predicted molar refractivity (Wildman–Crippen MR) is 41.3 cm³/mol. The number of hydrogen-bond donors (Lipinski definition) is 3. The molecule has 0 radical (unpaired) electrons. The molecule has 2 bridgehead atoms. The van der Waals surface area contributed by atoms with Crippen LogP contribution in [0.1, 0.15) is 12.8 Å². The fourth-order valence-corrected chi connectivity index (χ4v) is 2.74. The Morgan fingerprint density at radius 1 is 1.42 bits per heavy atom. The van der Waals surface area contributed by atoms with Crippen molar-refractivity contribution < 1.29 is 15.0 Å². The van der Waals surface area contributed by atoms with Crippen molar-refractivity contribution in [2.75, 3.05) is 0 Å². The van der Waals surface area contributed by atoms with Crippen molar-refractivity contribution in [3.05, 3.63) is 0 Å². The Kier molecular flexibility index (Phi) is 1.63. The van der Waals surface area contributed by atoms with Gasteiger partial charge in [0.15, 0.2) is 0 Å². The molecule has 2 saturated carbocycles. The molecule has 0 unspecified atom stereocenters. The zero-order valence-corrected chi connectivity index (χ0v) is 6.68. The Morgan fingerprint density at radius 3 is 2.50 bits per heavy atom. The second-order valence-electron chi connectivity index (χ2n) is 3.90. The van der Waals surface area contributed by atoms with Crippen molar-refractivity contribution in [1.82, 2.24) is 0 Å². The number of rotatable bonds is 1. The maximum atomic E-state index is 10.7. The van der Waals surface area contributed by atoms with Crippen LogP contribution in [0.3, 0.4) is 0 Å². The van der Waals surface area contributed by atoms with Gasteiger partial charge in [-0.25, -0.2) is 0 Å². The molecule has 4 nitrogen and oxygen atoms in total. The topological polar surface area (TPSA) is 83.5 Å². The fourth-order valence-electron chi connectivity index (χ4n) is 2.74. The SMILES string of the molecule is N[C@H]1[C@@H]2C[C@@H](C[C@@H]2O)[C@@H]1C(=O)O. The summed E-state index contributed by atoms with van der Waals surface area (Å²) in [5, 5.41) is 18.2. The molecule has 0 saturated heterocycles. The van der Waals surface area contributed by atoms with Crippen LogP contribution in [0.4, 0.5) is 0 Å². The summed E-state index contributed by atoms with van der Waals surface area (Å²) in [5.41, 5.74) is 5.71. The van der Waals surface area contributed by atoms with E-state index in [4.69, 9.17) is 10.8 Å². The van der Waals surface area contributed by atoms with Gasteiger partial charge >= 0.3 is 5.97 Å². The van der Waals surface area contributed by atoms with Gasteiger partial charge in [-0.1, -0.05) is 0 Å². The van der Waals surface area contributed by atoms with Gasteiger partial charge < -0.3 is 15.9 Å². The van der Waals surface area contributed by atoms with Crippen molar-refractivity contribution in [1.29, 1.82) is 0 Å². The summed E-state index contributed by atoms with van der Waals surface area (Å²) in [6.45, 7) is 0. The Balaban J connectivity index is 2.18. The minimum Gasteiger partial charge on any atom is -0.481 e. The normalized spacial score (nSPS) is 51.3. The molecule has 0 aliphatic heterocycles. The average molecular weight is 171 g/mol. The van der Waals surface area contributed by atoms with Gasteiger partial charge in [-0.15, -0.1) is 0 Å². The van der Waals surface area contributed by atoms with Crippen LogP contribution in [-0.2, 0) is 4.79 Å². The first-order valence-electron chi connectivity index (χ1n) is 4.27. The van der Waals surface area contributed by atoms with Gasteiger partial charge in [0.1, 0.15) is 0 Å². The number of aliphatic hydroxyl groups excluding tert-OH is 1. The maximum Gasteiger partial charge on any atom is 0.308 e. The van der Waals surface area contributed by atoms with Crippen molar-refractivity contribution in [2.24, 2.45) is 23.5 Å². The van der Waals surface area contributed by atoms with E-state index >= 15 is 0 Å². The van der Waals surface area contributed by atoms with Crippen LogP contribution in [0.25, 0.3) is 0 Å². The van der Waals surface area contributed by atoms with Gasteiger partial charge in [0.25, 0.3) is 0 Å². The van der Waals surface area contributed by atoms with Gasteiger partial charge in [-0.3, -0.25) is 4.79 Å². The number of carboxylic acids is 1. The largest absolute Gasteiger partial charge is 0.481 e. The third-order valence-electron chi connectivity index (χ3n) is 3.32. The number of hydrogen-bond acceptors (Lipinski definition) is 3. The van der Waals surface area contributed by atoms with E-state index in [9.17, 15) is 9.90 Å². The number of carboxylic acid groups (broad SMARTS) is 1. The van der Waals surface area contributed by atoms with E-state index < -0.39 is 11.9 Å². The number of aliphatic carboxylic acids is 1. The first kappa shape index (κ1) is 8.01. The summed E-state index contributed by atoms with van der Waals surface area (Å²) in [4.78, 5) is 10.7. The lowest BCUT2D eigenvalue weighted by Crippen LogP contribution is -2.45. The van der Waals surface area contributed by atoms with Crippen molar-refractivity contribution in [3.63, 3.8) is 0 Å². The Morgan fingerprint density at radius 2 is 2.08 bits per heavy atom. The molecule has 0 amide bonds. The molecule has 12 heavy (non-hydrogen) atoms. The van der Waals surface area contributed by atoms with E-state index in [0.717, 1.165) is 6.42 Å².